The summed E-state index contributed by atoms with van der Waals surface area (Å²) in [5.74, 6) is -1.87. The van der Waals surface area contributed by atoms with Crippen molar-refractivity contribution in [2.24, 2.45) is 5.41 Å². The standard InChI is InChI=1S/C33H42N4O6/c1-4-10-28(39)36-22(2)30(40)37(29(36)25-11-6-5-7-12-25)26-15-13-24(14-16-26)21-27(31(41)42)35-32(43)33(17-8-9-18-33)19-20-34-23(3)38/h5-7,11-16,22,27,29H,4,8-10,17-21H2,1-3H3,(H,34,38)(H,35,43)(H,41,42). The van der Waals surface area contributed by atoms with E-state index in [0.717, 1.165) is 18.4 Å². The number of hydrogen-bond acceptors (Lipinski definition) is 5. The van der Waals surface area contributed by atoms with Gasteiger partial charge in [-0.25, -0.2) is 4.79 Å². The minimum absolute atomic E-state index is 0.0662. The lowest BCUT2D eigenvalue weighted by Gasteiger charge is -2.31. The van der Waals surface area contributed by atoms with Crippen molar-refractivity contribution in [1.29, 1.82) is 0 Å². The molecule has 10 heteroatoms. The summed E-state index contributed by atoms with van der Waals surface area (Å²) in [4.78, 5) is 66.9. The van der Waals surface area contributed by atoms with E-state index in [1.54, 1.807) is 41.0 Å². The highest BCUT2D eigenvalue weighted by molar-refractivity contribution is 6.03. The lowest BCUT2D eigenvalue weighted by atomic mass is 9.81. The number of carbonyl (C=O) groups is 5. The Labute approximate surface area is 252 Å². The van der Waals surface area contributed by atoms with Gasteiger partial charge in [0.1, 0.15) is 18.2 Å². The van der Waals surface area contributed by atoms with E-state index in [2.05, 4.69) is 10.6 Å². The molecule has 1 aliphatic heterocycles. The number of nitrogens with one attached hydrogen (secondary N) is 2. The Morgan fingerprint density at radius 2 is 1.67 bits per heavy atom. The molecule has 4 amide bonds. The van der Waals surface area contributed by atoms with Crippen molar-refractivity contribution in [1.82, 2.24) is 15.5 Å². The zero-order valence-corrected chi connectivity index (χ0v) is 25.2. The van der Waals surface area contributed by atoms with E-state index in [0.29, 0.717) is 49.9 Å². The number of aliphatic carboxylic acids is 1. The molecule has 2 aromatic carbocycles. The van der Waals surface area contributed by atoms with Crippen molar-refractivity contribution in [2.45, 2.75) is 90.4 Å². The number of anilines is 1. The van der Waals surface area contributed by atoms with Crippen LogP contribution < -0.4 is 15.5 Å². The van der Waals surface area contributed by atoms with Gasteiger partial charge in [-0.3, -0.25) is 24.1 Å². The molecule has 10 nitrogen and oxygen atoms in total. The Bertz CT molecular complexity index is 1320. The largest absolute Gasteiger partial charge is 0.480 e. The molecule has 0 spiro atoms. The average molecular weight is 591 g/mol. The first kappa shape index (κ1) is 31.7. The van der Waals surface area contributed by atoms with Gasteiger partial charge in [-0.2, -0.15) is 0 Å². The number of carboxylic acid groups (broad SMARTS) is 1. The number of amides is 4. The fraction of sp³-hybridized carbons (Fsp3) is 0.485. The molecule has 4 rings (SSSR count). The van der Waals surface area contributed by atoms with Gasteiger partial charge in [-0.1, -0.05) is 62.2 Å². The third-order valence-corrected chi connectivity index (χ3v) is 8.65. The lowest BCUT2D eigenvalue weighted by molar-refractivity contribution is -0.144. The van der Waals surface area contributed by atoms with E-state index >= 15 is 0 Å². The molecule has 2 fully saturated rings. The van der Waals surface area contributed by atoms with Gasteiger partial charge >= 0.3 is 5.97 Å². The number of benzene rings is 2. The topological polar surface area (TPSA) is 136 Å². The van der Waals surface area contributed by atoms with Crippen LogP contribution in [-0.2, 0) is 30.4 Å². The van der Waals surface area contributed by atoms with E-state index < -0.39 is 29.6 Å². The first-order chi connectivity index (χ1) is 20.6. The Morgan fingerprint density at radius 1 is 1.02 bits per heavy atom. The summed E-state index contributed by atoms with van der Waals surface area (Å²) in [5.41, 5.74) is 1.41. The van der Waals surface area contributed by atoms with Gasteiger partial charge in [0.25, 0.3) is 5.91 Å². The normalized spacial score (nSPS) is 20.1. The first-order valence-corrected chi connectivity index (χ1v) is 15.1. The van der Waals surface area contributed by atoms with Gasteiger partial charge < -0.3 is 20.6 Å². The molecule has 2 aliphatic rings. The summed E-state index contributed by atoms with van der Waals surface area (Å²) < 4.78 is 0. The van der Waals surface area contributed by atoms with Crippen molar-refractivity contribution in [3.05, 3.63) is 65.7 Å². The molecule has 0 radical (unpaired) electrons. The predicted octanol–water partition coefficient (Wildman–Crippen LogP) is 3.95. The zero-order valence-electron chi connectivity index (χ0n) is 25.2. The number of nitrogens with zero attached hydrogens (tertiary/aromatic N) is 2. The summed E-state index contributed by atoms with van der Waals surface area (Å²) in [7, 11) is 0. The van der Waals surface area contributed by atoms with Gasteiger partial charge in [0.05, 0.1) is 5.41 Å². The highest BCUT2D eigenvalue weighted by Crippen LogP contribution is 2.42. The quantitative estimate of drug-likeness (QED) is 0.343. The number of carbonyl (C=O) groups excluding carboxylic acids is 4. The molecule has 1 saturated carbocycles. The molecular weight excluding hydrogens is 548 g/mol. The molecule has 0 bridgehead atoms. The SMILES string of the molecule is CCCC(=O)N1C(C)C(=O)N(c2ccc(CC(NC(=O)C3(CCNC(C)=O)CCCC3)C(=O)O)cc2)C1c1ccccc1. The maximum Gasteiger partial charge on any atom is 0.326 e. The molecule has 2 aromatic rings. The van der Waals surface area contributed by atoms with Gasteiger partial charge in [0.2, 0.25) is 17.7 Å². The number of hydrogen-bond donors (Lipinski definition) is 3. The Morgan fingerprint density at radius 3 is 2.26 bits per heavy atom. The predicted molar refractivity (Wildman–Crippen MR) is 162 cm³/mol. The number of carboxylic acids is 1. The Hall–Kier alpha value is -4.21. The van der Waals surface area contributed by atoms with Gasteiger partial charge in [0.15, 0.2) is 0 Å². The molecule has 230 valence electrons. The summed E-state index contributed by atoms with van der Waals surface area (Å²) in [5, 5.41) is 15.5. The molecule has 3 unspecified atom stereocenters. The van der Waals surface area contributed by atoms with E-state index in [1.807, 2.05) is 37.3 Å². The highest BCUT2D eigenvalue weighted by atomic mass is 16.4. The van der Waals surface area contributed by atoms with Gasteiger partial charge in [0, 0.05) is 32.0 Å². The van der Waals surface area contributed by atoms with E-state index in [-0.39, 0.29) is 30.0 Å². The second-order valence-corrected chi connectivity index (χ2v) is 11.7. The van der Waals surface area contributed by atoms with Crippen molar-refractivity contribution >= 4 is 35.3 Å². The van der Waals surface area contributed by atoms with Crippen LogP contribution in [0, 0.1) is 5.41 Å². The van der Waals surface area contributed by atoms with Crippen LogP contribution in [0.1, 0.15) is 83.0 Å². The molecule has 1 aliphatic carbocycles. The van der Waals surface area contributed by atoms with Crippen LogP contribution in [0.15, 0.2) is 54.6 Å². The lowest BCUT2D eigenvalue weighted by Crippen LogP contribution is -2.49. The van der Waals surface area contributed by atoms with Crippen LogP contribution in [0.5, 0.6) is 0 Å². The molecule has 3 atom stereocenters. The summed E-state index contributed by atoms with van der Waals surface area (Å²) in [6, 6.07) is 14.7. The maximum absolute atomic E-state index is 13.5. The first-order valence-electron chi connectivity index (χ1n) is 15.1. The fourth-order valence-corrected chi connectivity index (χ4v) is 6.34. The van der Waals surface area contributed by atoms with Gasteiger partial charge in [-0.05, 0) is 55.9 Å². The Balaban J connectivity index is 1.53. The van der Waals surface area contributed by atoms with E-state index in [9.17, 15) is 29.1 Å². The zero-order chi connectivity index (χ0) is 31.1. The van der Waals surface area contributed by atoms with Gasteiger partial charge in [-0.15, -0.1) is 0 Å². The van der Waals surface area contributed by atoms with Crippen molar-refractivity contribution in [2.75, 3.05) is 11.4 Å². The smallest absolute Gasteiger partial charge is 0.326 e. The minimum Gasteiger partial charge on any atom is -0.480 e. The van der Waals surface area contributed by atoms with E-state index in [4.69, 9.17) is 0 Å². The van der Waals surface area contributed by atoms with Crippen LogP contribution in [-0.4, -0.2) is 58.2 Å². The van der Waals surface area contributed by atoms with Crippen LogP contribution in [0.4, 0.5) is 5.69 Å². The van der Waals surface area contributed by atoms with Crippen LogP contribution >= 0.6 is 0 Å². The summed E-state index contributed by atoms with van der Waals surface area (Å²) in [6.07, 6.45) is 4.01. The molecular formula is C33H42N4O6. The molecule has 0 aromatic heterocycles. The van der Waals surface area contributed by atoms with Crippen molar-refractivity contribution < 1.29 is 29.1 Å². The fourth-order valence-electron chi connectivity index (χ4n) is 6.34. The number of rotatable bonds is 12. The van der Waals surface area contributed by atoms with Crippen molar-refractivity contribution in [3.8, 4) is 0 Å². The molecule has 3 N–H and O–H groups in total. The van der Waals surface area contributed by atoms with Crippen LogP contribution in [0.2, 0.25) is 0 Å². The molecule has 1 heterocycles. The second-order valence-electron chi connectivity index (χ2n) is 11.7. The highest BCUT2D eigenvalue weighted by Gasteiger charge is 2.47. The minimum atomic E-state index is -1.13. The average Bonchev–Trinajstić information content (AvgIpc) is 3.57. The van der Waals surface area contributed by atoms with Crippen molar-refractivity contribution in [3.63, 3.8) is 0 Å². The van der Waals surface area contributed by atoms with Crippen LogP contribution in [0.3, 0.4) is 0 Å². The molecule has 1 saturated heterocycles. The maximum atomic E-state index is 13.5. The molecule has 43 heavy (non-hydrogen) atoms. The summed E-state index contributed by atoms with van der Waals surface area (Å²) in [6.45, 7) is 5.46. The monoisotopic (exact) mass is 590 g/mol. The van der Waals surface area contributed by atoms with Crippen LogP contribution in [0.25, 0.3) is 0 Å². The third-order valence-electron chi connectivity index (χ3n) is 8.65. The van der Waals surface area contributed by atoms with E-state index in [1.165, 1.54) is 6.92 Å². The summed E-state index contributed by atoms with van der Waals surface area (Å²) >= 11 is 0. The third kappa shape index (κ3) is 7.06. The Kier molecular flexibility index (Phi) is 10.2. The second kappa shape index (κ2) is 13.8.